The molecule has 0 amide bonds. The highest BCUT2D eigenvalue weighted by Gasteiger charge is 2.12. The minimum Gasteiger partial charge on any atom is -0.298 e. The van der Waals surface area contributed by atoms with Gasteiger partial charge in [-0.3, -0.25) is 9.78 Å². The Hall–Kier alpha value is -1.70. The van der Waals surface area contributed by atoms with Crippen molar-refractivity contribution in [2.45, 2.75) is 39.5 Å². The highest BCUT2D eigenvalue weighted by Crippen LogP contribution is 2.27. The standard InChI is InChI=1S/C16H19NO/c1-10(2)13-6-5-7-14-12(9-18)8-15(11(3)4)17-16(13)14/h5-11H,1-4H3. The highest BCUT2D eigenvalue weighted by atomic mass is 16.1. The molecule has 0 aliphatic carbocycles. The summed E-state index contributed by atoms with van der Waals surface area (Å²) in [5, 5.41) is 0.959. The summed E-state index contributed by atoms with van der Waals surface area (Å²) in [6.45, 7) is 8.50. The summed E-state index contributed by atoms with van der Waals surface area (Å²) in [4.78, 5) is 16.0. The van der Waals surface area contributed by atoms with Crippen LogP contribution in [0.5, 0.6) is 0 Å². The largest absolute Gasteiger partial charge is 0.298 e. The van der Waals surface area contributed by atoms with Crippen molar-refractivity contribution in [3.63, 3.8) is 0 Å². The molecule has 0 radical (unpaired) electrons. The average molecular weight is 241 g/mol. The van der Waals surface area contributed by atoms with Crippen LogP contribution in [-0.4, -0.2) is 11.3 Å². The fraction of sp³-hybridized carbons (Fsp3) is 0.375. The number of aldehydes is 1. The monoisotopic (exact) mass is 241 g/mol. The highest BCUT2D eigenvalue weighted by molar-refractivity contribution is 5.97. The van der Waals surface area contributed by atoms with Gasteiger partial charge in [-0.2, -0.15) is 0 Å². The molecule has 0 atom stereocenters. The number of carbonyl (C=O) groups excluding carboxylic acids is 1. The molecule has 0 aliphatic heterocycles. The quantitative estimate of drug-likeness (QED) is 0.750. The second-order valence-corrected chi connectivity index (χ2v) is 5.31. The average Bonchev–Trinajstić information content (AvgIpc) is 2.36. The van der Waals surface area contributed by atoms with Gasteiger partial charge in [0.05, 0.1) is 5.52 Å². The van der Waals surface area contributed by atoms with Crippen LogP contribution in [0.25, 0.3) is 10.9 Å². The number of aromatic nitrogens is 1. The van der Waals surface area contributed by atoms with Crippen LogP contribution in [0.1, 0.15) is 61.1 Å². The lowest BCUT2D eigenvalue weighted by atomic mass is 9.96. The van der Waals surface area contributed by atoms with Gasteiger partial charge in [0.25, 0.3) is 0 Å². The number of nitrogens with zero attached hydrogens (tertiary/aromatic N) is 1. The van der Waals surface area contributed by atoms with Crippen molar-refractivity contribution in [3.05, 3.63) is 41.1 Å². The zero-order chi connectivity index (χ0) is 13.3. The molecule has 0 unspecified atom stereocenters. The molecule has 0 aliphatic rings. The smallest absolute Gasteiger partial charge is 0.150 e. The number of para-hydroxylation sites is 1. The van der Waals surface area contributed by atoms with Crippen molar-refractivity contribution >= 4 is 17.2 Å². The number of rotatable bonds is 3. The van der Waals surface area contributed by atoms with Gasteiger partial charge < -0.3 is 0 Å². The summed E-state index contributed by atoms with van der Waals surface area (Å²) in [5.74, 6) is 0.733. The normalized spacial score (nSPS) is 11.4. The Balaban J connectivity index is 2.84. The van der Waals surface area contributed by atoms with E-state index in [-0.39, 0.29) is 0 Å². The zero-order valence-corrected chi connectivity index (χ0v) is 11.4. The Bertz CT molecular complexity index is 585. The first-order chi connectivity index (χ1) is 8.54. The Morgan fingerprint density at radius 3 is 2.39 bits per heavy atom. The van der Waals surface area contributed by atoms with Crippen molar-refractivity contribution in [3.8, 4) is 0 Å². The van der Waals surface area contributed by atoms with E-state index in [2.05, 4.69) is 33.8 Å². The van der Waals surface area contributed by atoms with E-state index in [1.165, 1.54) is 5.56 Å². The van der Waals surface area contributed by atoms with Crippen LogP contribution < -0.4 is 0 Å². The molecule has 1 heterocycles. The van der Waals surface area contributed by atoms with E-state index in [0.29, 0.717) is 11.8 Å². The molecule has 0 fully saturated rings. The van der Waals surface area contributed by atoms with E-state index >= 15 is 0 Å². The molecule has 0 saturated carbocycles. The maximum Gasteiger partial charge on any atom is 0.150 e. The van der Waals surface area contributed by atoms with Crippen LogP contribution in [0.3, 0.4) is 0 Å². The van der Waals surface area contributed by atoms with Gasteiger partial charge in [-0.25, -0.2) is 0 Å². The number of benzene rings is 1. The van der Waals surface area contributed by atoms with Gasteiger partial charge >= 0.3 is 0 Å². The molecule has 0 saturated heterocycles. The number of hydrogen-bond donors (Lipinski definition) is 0. The summed E-state index contributed by atoms with van der Waals surface area (Å²) in [6, 6.07) is 7.98. The molecule has 2 heteroatoms. The van der Waals surface area contributed by atoms with E-state index in [4.69, 9.17) is 4.98 Å². The number of pyridine rings is 1. The van der Waals surface area contributed by atoms with Crippen LogP contribution in [0.2, 0.25) is 0 Å². The predicted octanol–water partition coefficient (Wildman–Crippen LogP) is 4.29. The SMILES string of the molecule is CC(C)c1cc(C=O)c2cccc(C(C)C)c2n1. The maximum atomic E-state index is 11.2. The molecule has 1 aromatic carbocycles. The molecule has 2 nitrogen and oxygen atoms in total. The van der Waals surface area contributed by atoms with E-state index < -0.39 is 0 Å². The molecule has 0 bridgehead atoms. The Morgan fingerprint density at radius 1 is 1.11 bits per heavy atom. The summed E-state index contributed by atoms with van der Waals surface area (Å²) in [7, 11) is 0. The van der Waals surface area contributed by atoms with Crippen molar-refractivity contribution in [1.29, 1.82) is 0 Å². The van der Waals surface area contributed by atoms with E-state index in [0.717, 1.165) is 28.4 Å². The van der Waals surface area contributed by atoms with Gasteiger partial charge in [0, 0.05) is 16.6 Å². The first-order valence-corrected chi connectivity index (χ1v) is 6.43. The van der Waals surface area contributed by atoms with Gasteiger partial charge in [0.2, 0.25) is 0 Å². The summed E-state index contributed by atoms with van der Waals surface area (Å²) < 4.78 is 0. The second-order valence-electron chi connectivity index (χ2n) is 5.31. The fourth-order valence-electron chi connectivity index (χ4n) is 2.18. The van der Waals surface area contributed by atoms with E-state index in [1.807, 2.05) is 18.2 Å². The third kappa shape index (κ3) is 2.15. The van der Waals surface area contributed by atoms with Gasteiger partial charge in [0.15, 0.2) is 6.29 Å². The topological polar surface area (TPSA) is 30.0 Å². The first kappa shape index (κ1) is 12.7. The third-order valence-corrected chi connectivity index (χ3v) is 3.26. The van der Waals surface area contributed by atoms with E-state index in [9.17, 15) is 4.79 Å². The van der Waals surface area contributed by atoms with E-state index in [1.54, 1.807) is 0 Å². The molecule has 94 valence electrons. The van der Waals surface area contributed by atoms with Gasteiger partial charge in [0.1, 0.15) is 0 Å². The lowest BCUT2D eigenvalue weighted by Gasteiger charge is -2.13. The molecular formula is C16H19NO. The molecule has 1 aromatic heterocycles. The number of fused-ring (bicyclic) bond motifs is 1. The Morgan fingerprint density at radius 2 is 1.83 bits per heavy atom. The third-order valence-electron chi connectivity index (χ3n) is 3.26. The van der Waals surface area contributed by atoms with Crippen LogP contribution in [0, 0.1) is 0 Å². The number of carbonyl (C=O) groups is 1. The number of hydrogen-bond acceptors (Lipinski definition) is 2. The minimum atomic E-state index is 0.327. The minimum absolute atomic E-state index is 0.327. The van der Waals surface area contributed by atoms with Crippen LogP contribution in [0.15, 0.2) is 24.3 Å². The summed E-state index contributed by atoms with van der Waals surface area (Å²) in [5.41, 5.74) is 3.91. The van der Waals surface area contributed by atoms with Crippen molar-refractivity contribution in [1.82, 2.24) is 4.98 Å². The van der Waals surface area contributed by atoms with Crippen LogP contribution in [-0.2, 0) is 0 Å². The van der Waals surface area contributed by atoms with Crippen LogP contribution in [0.4, 0.5) is 0 Å². The first-order valence-electron chi connectivity index (χ1n) is 6.43. The van der Waals surface area contributed by atoms with Gasteiger partial charge in [-0.15, -0.1) is 0 Å². The molecular weight excluding hydrogens is 222 g/mol. The predicted molar refractivity (Wildman–Crippen MR) is 75.3 cm³/mol. The van der Waals surface area contributed by atoms with Crippen molar-refractivity contribution in [2.75, 3.05) is 0 Å². The van der Waals surface area contributed by atoms with Crippen LogP contribution >= 0.6 is 0 Å². The molecule has 0 N–H and O–H groups in total. The summed E-state index contributed by atoms with van der Waals surface area (Å²) >= 11 is 0. The molecule has 18 heavy (non-hydrogen) atoms. The Labute approximate surface area is 108 Å². The van der Waals surface area contributed by atoms with Crippen molar-refractivity contribution in [2.24, 2.45) is 0 Å². The molecule has 0 spiro atoms. The molecule has 2 rings (SSSR count). The molecule has 2 aromatic rings. The zero-order valence-electron chi connectivity index (χ0n) is 11.4. The van der Waals surface area contributed by atoms with Gasteiger partial charge in [-0.05, 0) is 23.5 Å². The van der Waals surface area contributed by atoms with Crippen molar-refractivity contribution < 1.29 is 4.79 Å². The lowest BCUT2D eigenvalue weighted by molar-refractivity contribution is 0.112. The van der Waals surface area contributed by atoms with Gasteiger partial charge in [-0.1, -0.05) is 45.9 Å². The second kappa shape index (κ2) is 4.89. The maximum absolute atomic E-state index is 11.2. The lowest BCUT2D eigenvalue weighted by Crippen LogP contribution is -2.00. The Kier molecular flexibility index (Phi) is 3.46. The fourth-order valence-corrected chi connectivity index (χ4v) is 2.18. The summed E-state index contributed by atoms with van der Waals surface area (Å²) in [6.07, 6.45) is 0.931.